The van der Waals surface area contributed by atoms with Crippen LogP contribution >= 0.6 is 0 Å². The minimum atomic E-state index is -0.177. The first-order valence-corrected chi connectivity index (χ1v) is 9.64. The zero-order valence-corrected chi connectivity index (χ0v) is 16.5. The van der Waals surface area contributed by atoms with Crippen LogP contribution in [0.1, 0.15) is 36.2 Å². The number of nitriles is 1. The smallest absolute Gasteiger partial charge is 0.128 e. The number of benzene rings is 2. The standard InChI is InChI=1S/C24H26FN3/c1-19(2)15-27(16-21-9-4-3-8-20(21)14-26)18-23-11-7-13-28(23)17-22-10-5-6-12-24(22)25/h3-13,19H,15-18H2,1-2H3. The average molecular weight is 375 g/mol. The molecule has 0 saturated heterocycles. The number of aromatic nitrogens is 1. The van der Waals surface area contributed by atoms with E-state index in [0.29, 0.717) is 24.6 Å². The van der Waals surface area contributed by atoms with Crippen LogP contribution in [-0.4, -0.2) is 16.0 Å². The highest BCUT2D eigenvalue weighted by Gasteiger charge is 2.14. The van der Waals surface area contributed by atoms with E-state index in [9.17, 15) is 9.65 Å². The summed E-state index contributed by atoms with van der Waals surface area (Å²) in [6.07, 6.45) is 2.00. The van der Waals surface area contributed by atoms with Crippen LogP contribution in [-0.2, 0) is 19.6 Å². The molecule has 1 heterocycles. The van der Waals surface area contributed by atoms with Gasteiger partial charge in [-0.25, -0.2) is 4.39 Å². The molecule has 0 amide bonds. The van der Waals surface area contributed by atoms with Gasteiger partial charge in [-0.2, -0.15) is 5.26 Å². The van der Waals surface area contributed by atoms with Gasteiger partial charge >= 0.3 is 0 Å². The van der Waals surface area contributed by atoms with Gasteiger partial charge in [0, 0.05) is 37.1 Å². The summed E-state index contributed by atoms with van der Waals surface area (Å²) in [4.78, 5) is 2.36. The van der Waals surface area contributed by atoms with E-state index in [2.05, 4.69) is 35.5 Å². The maximum absolute atomic E-state index is 14.1. The van der Waals surface area contributed by atoms with Crippen molar-refractivity contribution in [2.24, 2.45) is 5.92 Å². The fourth-order valence-corrected chi connectivity index (χ4v) is 3.50. The molecule has 0 fully saturated rings. The Morgan fingerprint density at radius 3 is 2.39 bits per heavy atom. The van der Waals surface area contributed by atoms with Gasteiger partial charge in [0.05, 0.1) is 18.2 Å². The molecule has 1 aromatic heterocycles. The molecule has 0 N–H and O–H groups in total. The van der Waals surface area contributed by atoms with Crippen LogP contribution in [0, 0.1) is 23.1 Å². The van der Waals surface area contributed by atoms with E-state index in [0.717, 1.165) is 29.9 Å². The molecule has 0 unspecified atom stereocenters. The Morgan fingerprint density at radius 1 is 0.964 bits per heavy atom. The quantitative estimate of drug-likeness (QED) is 0.542. The minimum Gasteiger partial charge on any atom is -0.346 e. The largest absolute Gasteiger partial charge is 0.346 e. The molecule has 0 bridgehead atoms. The van der Waals surface area contributed by atoms with Crippen LogP contribution in [0.15, 0.2) is 66.9 Å². The van der Waals surface area contributed by atoms with Gasteiger partial charge in [-0.05, 0) is 35.7 Å². The fourth-order valence-electron chi connectivity index (χ4n) is 3.50. The zero-order valence-electron chi connectivity index (χ0n) is 16.5. The third-order valence-corrected chi connectivity index (χ3v) is 4.76. The van der Waals surface area contributed by atoms with Gasteiger partial charge in [0.1, 0.15) is 5.82 Å². The highest BCUT2D eigenvalue weighted by Crippen LogP contribution is 2.17. The molecule has 3 nitrogen and oxygen atoms in total. The van der Waals surface area contributed by atoms with Crippen LogP contribution in [0.2, 0.25) is 0 Å². The van der Waals surface area contributed by atoms with Gasteiger partial charge < -0.3 is 4.57 Å². The van der Waals surface area contributed by atoms with Gasteiger partial charge in [0.2, 0.25) is 0 Å². The van der Waals surface area contributed by atoms with E-state index in [-0.39, 0.29) is 5.82 Å². The van der Waals surface area contributed by atoms with Gasteiger partial charge in [0.15, 0.2) is 0 Å². The molecule has 0 spiro atoms. The first kappa shape index (κ1) is 19.9. The van der Waals surface area contributed by atoms with E-state index < -0.39 is 0 Å². The van der Waals surface area contributed by atoms with E-state index in [4.69, 9.17) is 0 Å². The predicted octanol–water partition coefficient (Wildman–Crippen LogP) is 5.21. The Labute approximate surface area is 166 Å². The Balaban J connectivity index is 1.80. The molecule has 0 saturated carbocycles. The van der Waals surface area contributed by atoms with Crippen LogP contribution in [0.4, 0.5) is 4.39 Å². The maximum atomic E-state index is 14.1. The van der Waals surface area contributed by atoms with Crippen molar-refractivity contribution in [3.05, 3.63) is 95.1 Å². The second-order valence-electron chi connectivity index (χ2n) is 7.55. The van der Waals surface area contributed by atoms with Crippen LogP contribution in [0.25, 0.3) is 0 Å². The molecule has 0 aliphatic heterocycles. The molecule has 0 aliphatic carbocycles. The topological polar surface area (TPSA) is 32.0 Å². The number of hydrogen-bond donors (Lipinski definition) is 0. The van der Waals surface area contributed by atoms with Gasteiger partial charge in [-0.3, -0.25) is 4.90 Å². The van der Waals surface area contributed by atoms with E-state index >= 15 is 0 Å². The van der Waals surface area contributed by atoms with Crippen molar-refractivity contribution < 1.29 is 4.39 Å². The monoisotopic (exact) mass is 375 g/mol. The third kappa shape index (κ3) is 5.09. The van der Waals surface area contributed by atoms with E-state index in [1.807, 2.05) is 48.7 Å². The second kappa shape index (κ2) is 9.34. The molecular weight excluding hydrogens is 349 g/mol. The van der Waals surface area contributed by atoms with E-state index in [1.165, 1.54) is 6.07 Å². The molecular formula is C24H26FN3. The molecule has 3 rings (SSSR count). The summed E-state index contributed by atoms with van der Waals surface area (Å²) in [7, 11) is 0. The predicted molar refractivity (Wildman–Crippen MR) is 110 cm³/mol. The third-order valence-electron chi connectivity index (χ3n) is 4.76. The lowest BCUT2D eigenvalue weighted by atomic mass is 10.1. The molecule has 144 valence electrons. The number of nitrogens with zero attached hydrogens (tertiary/aromatic N) is 3. The lowest BCUT2D eigenvalue weighted by Crippen LogP contribution is -2.28. The summed E-state index contributed by atoms with van der Waals surface area (Å²) in [5.74, 6) is 0.327. The summed E-state index contributed by atoms with van der Waals surface area (Å²) in [6.45, 7) is 7.29. The lowest BCUT2D eigenvalue weighted by molar-refractivity contribution is 0.222. The molecule has 3 aromatic rings. The highest BCUT2D eigenvalue weighted by molar-refractivity contribution is 5.37. The lowest BCUT2D eigenvalue weighted by Gasteiger charge is -2.25. The van der Waals surface area contributed by atoms with Gasteiger partial charge in [0.25, 0.3) is 0 Å². The number of hydrogen-bond acceptors (Lipinski definition) is 2. The van der Waals surface area contributed by atoms with Crippen LogP contribution in [0.3, 0.4) is 0 Å². The summed E-state index contributed by atoms with van der Waals surface area (Å²) < 4.78 is 16.2. The Hall–Kier alpha value is -2.90. The first-order valence-electron chi connectivity index (χ1n) is 9.64. The summed E-state index contributed by atoms with van der Waals surface area (Å²) in [5.41, 5.74) is 3.58. The maximum Gasteiger partial charge on any atom is 0.128 e. The normalized spacial score (nSPS) is 11.1. The van der Waals surface area contributed by atoms with Crippen molar-refractivity contribution in [3.63, 3.8) is 0 Å². The molecule has 0 radical (unpaired) electrons. The number of halogens is 1. The van der Waals surface area contributed by atoms with Crippen LogP contribution in [0.5, 0.6) is 0 Å². The fraction of sp³-hybridized carbons (Fsp3) is 0.292. The molecule has 0 atom stereocenters. The van der Waals surface area contributed by atoms with Crippen molar-refractivity contribution in [2.45, 2.75) is 33.5 Å². The Kier molecular flexibility index (Phi) is 6.62. The molecule has 4 heteroatoms. The zero-order chi connectivity index (χ0) is 19.9. The summed E-state index contributed by atoms with van der Waals surface area (Å²) in [5, 5.41) is 9.40. The number of rotatable bonds is 8. The van der Waals surface area contributed by atoms with Crippen molar-refractivity contribution in [3.8, 4) is 6.07 Å². The van der Waals surface area contributed by atoms with E-state index in [1.54, 1.807) is 6.07 Å². The highest BCUT2D eigenvalue weighted by atomic mass is 19.1. The summed E-state index contributed by atoms with van der Waals surface area (Å²) >= 11 is 0. The van der Waals surface area contributed by atoms with Gasteiger partial charge in [-0.15, -0.1) is 0 Å². The van der Waals surface area contributed by atoms with Crippen molar-refractivity contribution in [2.75, 3.05) is 6.54 Å². The Morgan fingerprint density at radius 2 is 1.68 bits per heavy atom. The second-order valence-corrected chi connectivity index (χ2v) is 7.55. The van der Waals surface area contributed by atoms with Crippen molar-refractivity contribution in [1.29, 1.82) is 5.26 Å². The average Bonchev–Trinajstić information content (AvgIpc) is 3.10. The first-order chi connectivity index (χ1) is 13.6. The SMILES string of the molecule is CC(C)CN(Cc1ccccc1C#N)Cc1cccn1Cc1ccccc1F. The van der Waals surface area contributed by atoms with Gasteiger partial charge in [-0.1, -0.05) is 50.2 Å². The minimum absolute atomic E-state index is 0.177. The van der Waals surface area contributed by atoms with Crippen molar-refractivity contribution in [1.82, 2.24) is 9.47 Å². The van der Waals surface area contributed by atoms with Crippen LogP contribution < -0.4 is 0 Å². The molecule has 28 heavy (non-hydrogen) atoms. The molecule has 2 aromatic carbocycles. The Bertz CT molecular complexity index is 952. The molecule has 0 aliphatic rings. The summed E-state index contributed by atoms with van der Waals surface area (Å²) in [6, 6.07) is 21.1. The van der Waals surface area contributed by atoms with Crippen molar-refractivity contribution >= 4 is 0 Å².